The summed E-state index contributed by atoms with van der Waals surface area (Å²) >= 11 is 6.06. The highest BCUT2D eigenvalue weighted by atomic mass is 35.5. The van der Waals surface area contributed by atoms with Crippen molar-refractivity contribution in [2.45, 2.75) is 19.4 Å². The normalized spacial score (nSPS) is 12.3. The summed E-state index contributed by atoms with van der Waals surface area (Å²) in [5.41, 5.74) is 2.66. The van der Waals surface area contributed by atoms with Crippen LogP contribution in [0.4, 0.5) is 4.39 Å². The standard InChI is InChI=1S/C22H19ClFN3O3/c1-29-13-27-19-10-16(23)11-25-21(19)26-22(27)20(28)15-4-8-18(9-5-15)30-12-14-2-6-17(24)7-3-14/h2-11,20,28H,12-13H2,1H3. The van der Waals surface area contributed by atoms with Crippen LogP contribution in [0.5, 0.6) is 5.75 Å². The van der Waals surface area contributed by atoms with Crippen molar-refractivity contribution in [1.82, 2.24) is 14.5 Å². The van der Waals surface area contributed by atoms with E-state index in [4.69, 9.17) is 21.1 Å². The lowest BCUT2D eigenvalue weighted by Gasteiger charge is -2.14. The Morgan fingerprint density at radius 3 is 2.57 bits per heavy atom. The van der Waals surface area contributed by atoms with Crippen LogP contribution >= 0.6 is 11.6 Å². The summed E-state index contributed by atoms with van der Waals surface area (Å²) in [6, 6.07) is 14.9. The molecule has 4 rings (SSSR count). The van der Waals surface area contributed by atoms with E-state index in [-0.39, 0.29) is 12.5 Å². The first kappa shape index (κ1) is 20.3. The fourth-order valence-electron chi connectivity index (χ4n) is 3.11. The van der Waals surface area contributed by atoms with Crippen LogP contribution in [0.1, 0.15) is 23.1 Å². The fraction of sp³-hybridized carbons (Fsp3) is 0.182. The van der Waals surface area contributed by atoms with E-state index in [9.17, 15) is 9.50 Å². The monoisotopic (exact) mass is 427 g/mol. The Morgan fingerprint density at radius 2 is 1.87 bits per heavy atom. The first-order valence-corrected chi connectivity index (χ1v) is 9.59. The molecule has 1 atom stereocenters. The van der Waals surface area contributed by atoms with Crippen LogP contribution in [-0.2, 0) is 18.1 Å². The van der Waals surface area contributed by atoms with Crippen molar-refractivity contribution in [1.29, 1.82) is 0 Å². The van der Waals surface area contributed by atoms with E-state index in [1.165, 1.54) is 18.3 Å². The van der Waals surface area contributed by atoms with Gasteiger partial charge in [0.1, 0.15) is 36.8 Å². The topological polar surface area (TPSA) is 69.4 Å². The van der Waals surface area contributed by atoms with Gasteiger partial charge >= 0.3 is 0 Å². The molecule has 154 valence electrons. The van der Waals surface area contributed by atoms with Gasteiger partial charge in [0.05, 0.1) is 10.5 Å². The zero-order valence-electron chi connectivity index (χ0n) is 16.1. The number of nitrogens with zero attached hydrogens (tertiary/aromatic N) is 3. The minimum absolute atomic E-state index is 0.198. The molecule has 0 bridgehead atoms. The predicted molar refractivity (Wildman–Crippen MR) is 111 cm³/mol. The van der Waals surface area contributed by atoms with Gasteiger partial charge < -0.3 is 14.6 Å². The van der Waals surface area contributed by atoms with Crippen molar-refractivity contribution in [2.75, 3.05) is 7.11 Å². The molecule has 8 heteroatoms. The van der Waals surface area contributed by atoms with Crippen molar-refractivity contribution in [3.63, 3.8) is 0 Å². The number of hydrogen-bond donors (Lipinski definition) is 1. The Kier molecular flexibility index (Phi) is 5.94. The van der Waals surface area contributed by atoms with Gasteiger partial charge in [-0.15, -0.1) is 0 Å². The molecule has 0 amide bonds. The minimum Gasteiger partial charge on any atom is -0.489 e. The maximum atomic E-state index is 13.0. The van der Waals surface area contributed by atoms with Gasteiger partial charge in [0.2, 0.25) is 0 Å². The number of halogens is 2. The molecular formula is C22H19ClFN3O3. The Bertz CT molecular complexity index is 1150. The Morgan fingerprint density at radius 1 is 1.13 bits per heavy atom. The first-order valence-electron chi connectivity index (χ1n) is 9.21. The third kappa shape index (κ3) is 4.28. The summed E-state index contributed by atoms with van der Waals surface area (Å²) in [4.78, 5) is 8.67. The van der Waals surface area contributed by atoms with E-state index in [0.717, 1.165) is 5.56 Å². The average Bonchev–Trinajstić information content (AvgIpc) is 3.11. The number of imidazole rings is 1. The number of aliphatic hydroxyl groups excluding tert-OH is 1. The van der Waals surface area contributed by atoms with E-state index < -0.39 is 6.10 Å². The molecular weight excluding hydrogens is 409 g/mol. The molecule has 2 aromatic heterocycles. The lowest BCUT2D eigenvalue weighted by Crippen LogP contribution is -2.11. The van der Waals surface area contributed by atoms with Crippen LogP contribution in [-0.4, -0.2) is 26.8 Å². The molecule has 6 nitrogen and oxygen atoms in total. The molecule has 0 saturated heterocycles. The molecule has 2 heterocycles. The van der Waals surface area contributed by atoms with Crippen LogP contribution in [0.15, 0.2) is 60.8 Å². The summed E-state index contributed by atoms with van der Waals surface area (Å²) in [7, 11) is 1.56. The SMILES string of the molecule is COCn1c(C(O)c2ccc(OCc3ccc(F)cc3)cc2)nc2ncc(Cl)cc21. The van der Waals surface area contributed by atoms with Gasteiger partial charge in [-0.1, -0.05) is 35.9 Å². The number of fused-ring (bicyclic) bond motifs is 1. The second-order valence-electron chi connectivity index (χ2n) is 6.70. The quantitative estimate of drug-likeness (QED) is 0.470. The van der Waals surface area contributed by atoms with Crippen LogP contribution in [0.25, 0.3) is 11.2 Å². The van der Waals surface area contributed by atoms with Gasteiger partial charge in [0, 0.05) is 13.3 Å². The zero-order chi connectivity index (χ0) is 21.1. The van der Waals surface area contributed by atoms with Crippen LogP contribution < -0.4 is 4.74 Å². The van der Waals surface area contributed by atoms with Gasteiger partial charge in [-0.2, -0.15) is 0 Å². The van der Waals surface area contributed by atoms with E-state index >= 15 is 0 Å². The van der Waals surface area contributed by atoms with Crippen molar-refractivity contribution < 1.29 is 19.0 Å². The summed E-state index contributed by atoms with van der Waals surface area (Å²) in [6.07, 6.45) is 0.525. The Labute approximate surface area is 177 Å². The molecule has 1 N–H and O–H groups in total. The third-order valence-electron chi connectivity index (χ3n) is 4.62. The van der Waals surface area contributed by atoms with E-state index in [1.807, 2.05) is 0 Å². The van der Waals surface area contributed by atoms with E-state index in [1.54, 1.807) is 54.1 Å². The van der Waals surface area contributed by atoms with Crippen LogP contribution in [0.3, 0.4) is 0 Å². The summed E-state index contributed by atoms with van der Waals surface area (Å²) < 4.78 is 25.7. The number of rotatable bonds is 7. The molecule has 0 aliphatic rings. The predicted octanol–water partition coefficient (Wildman–Crippen LogP) is 4.49. The average molecular weight is 428 g/mol. The molecule has 0 spiro atoms. The first-order chi connectivity index (χ1) is 14.5. The highest BCUT2D eigenvalue weighted by Gasteiger charge is 2.21. The minimum atomic E-state index is -0.987. The Balaban J connectivity index is 1.54. The highest BCUT2D eigenvalue weighted by Crippen LogP contribution is 2.27. The molecule has 0 saturated carbocycles. The summed E-state index contributed by atoms with van der Waals surface area (Å²) in [6.45, 7) is 0.516. The molecule has 0 aliphatic carbocycles. The molecule has 2 aromatic carbocycles. The largest absolute Gasteiger partial charge is 0.489 e. The van der Waals surface area contributed by atoms with Gasteiger partial charge in [-0.3, -0.25) is 4.57 Å². The second-order valence-corrected chi connectivity index (χ2v) is 7.14. The number of benzene rings is 2. The number of hydrogen-bond acceptors (Lipinski definition) is 5. The molecule has 1 unspecified atom stereocenters. The lowest BCUT2D eigenvalue weighted by molar-refractivity contribution is 0.120. The summed E-state index contributed by atoms with van der Waals surface area (Å²) in [5, 5.41) is 11.4. The van der Waals surface area contributed by atoms with Crippen LogP contribution in [0.2, 0.25) is 5.02 Å². The Hall–Kier alpha value is -3.00. The number of pyridine rings is 1. The maximum absolute atomic E-state index is 13.0. The van der Waals surface area contributed by atoms with E-state index in [0.29, 0.717) is 39.9 Å². The van der Waals surface area contributed by atoms with Gasteiger partial charge in [-0.25, -0.2) is 14.4 Å². The van der Waals surface area contributed by atoms with Crippen molar-refractivity contribution in [3.05, 3.63) is 88.6 Å². The zero-order valence-corrected chi connectivity index (χ0v) is 16.9. The number of ether oxygens (including phenoxy) is 2. The smallest absolute Gasteiger partial charge is 0.178 e. The van der Waals surface area contributed by atoms with Crippen molar-refractivity contribution in [3.8, 4) is 5.75 Å². The highest BCUT2D eigenvalue weighted by molar-refractivity contribution is 6.31. The molecule has 30 heavy (non-hydrogen) atoms. The van der Waals surface area contributed by atoms with Gasteiger partial charge in [0.15, 0.2) is 5.65 Å². The summed E-state index contributed by atoms with van der Waals surface area (Å²) in [5.74, 6) is 0.754. The van der Waals surface area contributed by atoms with Crippen molar-refractivity contribution >= 4 is 22.8 Å². The fourth-order valence-corrected chi connectivity index (χ4v) is 3.27. The molecule has 4 aromatic rings. The number of methoxy groups -OCH3 is 1. The number of aromatic nitrogens is 3. The third-order valence-corrected chi connectivity index (χ3v) is 4.83. The van der Waals surface area contributed by atoms with Crippen LogP contribution in [0, 0.1) is 5.82 Å². The van der Waals surface area contributed by atoms with Gasteiger partial charge in [0.25, 0.3) is 0 Å². The molecule has 0 radical (unpaired) electrons. The van der Waals surface area contributed by atoms with E-state index in [2.05, 4.69) is 9.97 Å². The lowest BCUT2D eigenvalue weighted by atomic mass is 10.1. The van der Waals surface area contributed by atoms with Crippen molar-refractivity contribution in [2.24, 2.45) is 0 Å². The maximum Gasteiger partial charge on any atom is 0.178 e. The number of aliphatic hydroxyl groups is 1. The second kappa shape index (κ2) is 8.79. The molecule has 0 fully saturated rings. The molecule has 0 aliphatic heterocycles. The van der Waals surface area contributed by atoms with Gasteiger partial charge in [-0.05, 0) is 41.5 Å².